The van der Waals surface area contributed by atoms with E-state index in [4.69, 9.17) is 21.4 Å². The zero-order valence-corrected chi connectivity index (χ0v) is 18.5. The van der Waals surface area contributed by atoms with Crippen molar-refractivity contribution >= 4 is 46.9 Å². The quantitative estimate of drug-likeness (QED) is 0.240. The van der Waals surface area contributed by atoms with E-state index in [0.29, 0.717) is 6.42 Å². The predicted molar refractivity (Wildman–Crippen MR) is 110 cm³/mol. The topological polar surface area (TPSA) is 57.5 Å². The second kappa shape index (κ2) is 9.38. The molecular formula is C18H19BrClF2O3PS. The maximum Gasteiger partial charge on any atom is 0.399 e. The normalized spacial score (nSPS) is 12.4. The van der Waals surface area contributed by atoms with Crippen LogP contribution in [-0.4, -0.2) is 15.5 Å². The highest BCUT2D eigenvalue weighted by atomic mass is 79.9. The van der Waals surface area contributed by atoms with Crippen LogP contribution in [0.5, 0.6) is 0 Å². The third-order valence-electron chi connectivity index (χ3n) is 3.87. The second-order valence-corrected chi connectivity index (χ2v) is 10.3. The largest absolute Gasteiger partial charge is 0.399 e. The molecule has 2 aromatic carbocycles. The van der Waals surface area contributed by atoms with E-state index >= 15 is 0 Å². The molecule has 0 aliphatic heterocycles. The average molecular weight is 500 g/mol. The lowest BCUT2D eigenvalue weighted by atomic mass is 10.1. The maximum atomic E-state index is 13.8. The molecule has 0 amide bonds. The van der Waals surface area contributed by atoms with Gasteiger partial charge in [0, 0.05) is 20.0 Å². The number of thioether (sulfide) groups is 1. The summed E-state index contributed by atoms with van der Waals surface area (Å²) in [5, 5.41) is 0.717. The van der Waals surface area contributed by atoms with Crippen LogP contribution in [0.2, 0.25) is 5.02 Å². The number of aryl methyl sites for hydroxylation is 2. The fourth-order valence-corrected chi connectivity index (χ4v) is 5.28. The summed E-state index contributed by atoms with van der Waals surface area (Å²) < 4.78 is 38.6. The molecule has 0 aliphatic rings. The number of halogens is 4. The Balaban J connectivity index is 1.88. The fraction of sp³-hybridized carbons (Fsp3) is 0.333. The van der Waals surface area contributed by atoms with Gasteiger partial charge in [-0.15, -0.1) is 11.8 Å². The minimum Gasteiger partial charge on any atom is -0.320 e. The first-order chi connectivity index (χ1) is 12.5. The monoisotopic (exact) mass is 498 g/mol. The zero-order valence-electron chi connectivity index (χ0n) is 14.5. The lowest BCUT2D eigenvalue weighted by molar-refractivity contribution is 0.0557. The van der Waals surface area contributed by atoms with E-state index < -0.39 is 18.8 Å². The molecule has 0 saturated heterocycles. The van der Waals surface area contributed by atoms with Crippen molar-refractivity contribution in [3.05, 3.63) is 62.6 Å². The Hall–Kier alpha value is -0.430. The molecule has 0 heterocycles. The smallest absolute Gasteiger partial charge is 0.320 e. The van der Waals surface area contributed by atoms with Crippen molar-refractivity contribution in [2.75, 3.05) is 5.75 Å². The van der Waals surface area contributed by atoms with Gasteiger partial charge >= 0.3 is 13.3 Å². The van der Waals surface area contributed by atoms with Crippen LogP contribution < -0.4 is 0 Å². The summed E-state index contributed by atoms with van der Waals surface area (Å²) in [6.07, 6.45) is 2.50. The van der Waals surface area contributed by atoms with Gasteiger partial charge in [-0.3, -0.25) is 4.57 Å². The molecule has 0 fully saturated rings. The molecule has 0 bridgehead atoms. The lowest BCUT2D eigenvalue weighted by Gasteiger charge is -2.19. The van der Waals surface area contributed by atoms with Gasteiger partial charge in [0.2, 0.25) is 0 Å². The number of hydrogen-bond acceptors (Lipinski definition) is 2. The summed E-state index contributed by atoms with van der Waals surface area (Å²) in [6, 6.07) is 9.96. The van der Waals surface area contributed by atoms with Gasteiger partial charge in [-0.05, 0) is 67.3 Å². The molecule has 27 heavy (non-hydrogen) atoms. The maximum absolute atomic E-state index is 13.8. The standard InChI is InChI=1S/C18H19BrClF2O3PS/c1-12-8-14(20)11-15(9-12)27-7-3-2-4-13-5-6-16(17(19)10-13)18(21,22)26(23,24)25/h5-6,8-11H,2-4,7H2,1H3,(H2,23,24,25). The Morgan fingerprint density at radius 3 is 2.48 bits per heavy atom. The van der Waals surface area contributed by atoms with Crippen LogP contribution >= 0.6 is 46.9 Å². The molecule has 0 aromatic heterocycles. The molecule has 0 atom stereocenters. The number of benzene rings is 2. The second-order valence-electron chi connectivity index (χ2n) is 6.17. The Labute approximate surface area is 174 Å². The Kier molecular flexibility index (Phi) is 7.94. The van der Waals surface area contributed by atoms with E-state index in [0.717, 1.165) is 45.7 Å². The van der Waals surface area contributed by atoms with Gasteiger partial charge in [0.1, 0.15) is 0 Å². The SMILES string of the molecule is Cc1cc(Cl)cc(SCCCCc2ccc(C(F)(F)P(=O)(O)O)c(Br)c2)c1. The van der Waals surface area contributed by atoms with Crippen molar-refractivity contribution in [3.63, 3.8) is 0 Å². The van der Waals surface area contributed by atoms with Crippen molar-refractivity contribution in [1.82, 2.24) is 0 Å². The summed E-state index contributed by atoms with van der Waals surface area (Å²) in [5.74, 6) is 0.912. The van der Waals surface area contributed by atoms with Gasteiger partial charge in [0.15, 0.2) is 0 Å². The highest BCUT2D eigenvalue weighted by molar-refractivity contribution is 9.10. The highest BCUT2D eigenvalue weighted by Crippen LogP contribution is 2.60. The van der Waals surface area contributed by atoms with Gasteiger partial charge in [-0.2, -0.15) is 8.78 Å². The molecule has 2 rings (SSSR count). The molecule has 2 N–H and O–H groups in total. The third kappa shape index (κ3) is 6.28. The minimum absolute atomic E-state index is 0.00268. The fourth-order valence-electron chi connectivity index (χ4n) is 2.52. The van der Waals surface area contributed by atoms with Crippen LogP contribution in [0.3, 0.4) is 0 Å². The van der Waals surface area contributed by atoms with Gasteiger partial charge in [-0.25, -0.2) is 0 Å². The van der Waals surface area contributed by atoms with Crippen LogP contribution in [0.4, 0.5) is 8.78 Å². The number of unbranched alkanes of at least 4 members (excludes halogenated alkanes) is 1. The lowest BCUT2D eigenvalue weighted by Crippen LogP contribution is -2.14. The summed E-state index contributed by atoms with van der Waals surface area (Å²) in [4.78, 5) is 18.8. The molecule has 2 aromatic rings. The van der Waals surface area contributed by atoms with E-state index in [1.54, 1.807) is 11.8 Å². The average Bonchev–Trinajstić information content (AvgIpc) is 2.52. The van der Waals surface area contributed by atoms with E-state index in [1.807, 2.05) is 19.1 Å². The first kappa shape index (κ1) is 22.9. The van der Waals surface area contributed by atoms with E-state index in [2.05, 4.69) is 22.0 Å². The Morgan fingerprint density at radius 1 is 1.19 bits per heavy atom. The van der Waals surface area contributed by atoms with Crippen LogP contribution in [0.1, 0.15) is 29.5 Å². The molecular weight excluding hydrogens is 481 g/mol. The molecule has 0 unspecified atom stereocenters. The molecule has 0 spiro atoms. The highest BCUT2D eigenvalue weighted by Gasteiger charge is 2.51. The van der Waals surface area contributed by atoms with Gasteiger partial charge < -0.3 is 9.79 Å². The van der Waals surface area contributed by atoms with Crippen LogP contribution in [0.15, 0.2) is 45.8 Å². The summed E-state index contributed by atoms with van der Waals surface area (Å²) >= 11 is 10.8. The van der Waals surface area contributed by atoms with Crippen molar-refractivity contribution in [2.24, 2.45) is 0 Å². The zero-order chi connectivity index (χ0) is 20.2. The van der Waals surface area contributed by atoms with Gasteiger partial charge in [0.05, 0.1) is 0 Å². The Morgan fingerprint density at radius 2 is 1.89 bits per heavy atom. The van der Waals surface area contributed by atoms with Crippen LogP contribution in [-0.2, 0) is 16.6 Å². The summed E-state index contributed by atoms with van der Waals surface area (Å²) in [7, 11) is -5.57. The Bertz CT molecular complexity index is 840. The molecule has 148 valence electrons. The van der Waals surface area contributed by atoms with Crippen molar-refractivity contribution in [1.29, 1.82) is 0 Å². The third-order valence-corrected chi connectivity index (χ3v) is 6.78. The van der Waals surface area contributed by atoms with E-state index in [9.17, 15) is 13.3 Å². The van der Waals surface area contributed by atoms with Gasteiger partial charge in [0.25, 0.3) is 0 Å². The molecule has 3 nitrogen and oxygen atoms in total. The minimum atomic E-state index is -5.57. The first-order valence-corrected chi connectivity index (χ1v) is 11.9. The van der Waals surface area contributed by atoms with Crippen LogP contribution in [0.25, 0.3) is 0 Å². The van der Waals surface area contributed by atoms with Crippen molar-refractivity contribution < 1.29 is 23.1 Å². The van der Waals surface area contributed by atoms with E-state index in [-0.39, 0.29) is 4.47 Å². The summed E-state index contributed by atoms with van der Waals surface area (Å²) in [5.41, 5.74) is -2.97. The number of rotatable bonds is 8. The van der Waals surface area contributed by atoms with E-state index in [1.165, 1.54) is 12.1 Å². The van der Waals surface area contributed by atoms with Crippen LogP contribution in [0, 0.1) is 6.92 Å². The van der Waals surface area contributed by atoms with Crippen molar-refractivity contribution in [2.45, 2.75) is 36.7 Å². The van der Waals surface area contributed by atoms with Gasteiger partial charge in [-0.1, -0.05) is 39.7 Å². The predicted octanol–water partition coefficient (Wildman–Crippen LogP) is 6.75. The molecule has 9 heteroatoms. The molecule has 0 aliphatic carbocycles. The molecule has 0 saturated carbocycles. The number of alkyl halides is 2. The molecule has 0 radical (unpaired) electrons. The summed E-state index contributed by atoms with van der Waals surface area (Å²) in [6.45, 7) is 1.99. The van der Waals surface area contributed by atoms with Crippen molar-refractivity contribution in [3.8, 4) is 0 Å². The first-order valence-electron chi connectivity index (χ1n) is 8.13. The number of hydrogen-bond donors (Lipinski definition) is 2.